The van der Waals surface area contributed by atoms with Crippen molar-refractivity contribution < 1.29 is 14.3 Å². The summed E-state index contributed by atoms with van der Waals surface area (Å²) >= 11 is 0. The fourth-order valence-electron chi connectivity index (χ4n) is 5.39. The molecule has 2 fully saturated rings. The van der Waals surface area contributed by atoms with E-state index in [0.717, 1.165) is 42.5 Å². The molecule has 5 rings (SSSR count). The Labute approximate surface area is 203 Å². The lowest BCUT2D eigenvalue weighted by Gasteiger charge is -2.20. The van der Waals surface area contributed by atoms with Gasteiger partial charge in [0.05, 0.1) is 18.8 Å². The van der Waals surface area contributed by atoms with Crippen LogP contribution in [-0.2, 0) is 4.79 Å². The van der Waals surface area contributed by atoms with Crippen LogP contribution in [0.5, 0.6) is 5.88 Å². The number of anilines is 1. The standard InChI is InChI=1S/C25H31N7O3/c1-14-8-20(32-21(14)22(26)28-13-29-32)17-9-18(24(35-3)27-10-17)23(33)30-19-12-31(11-15(19)2)25(34)16-6-4-5-7-16/h8-10,13,15-16,19H,4-7,11-12H2,1-3H3,(H,30,33)(H2,26,28,29)/t15-,19?/m0/s1. The van der Waals surface area contributed by atoms with Gasteiger partial charge in [0.15, 0.2) is 5.82 Å². The highest BCUT2D eigenvalue weighted by Crippen LogP contribution is 2.31. The number of methoxy groups -OCH3 is 1. The zero-order valence-corrected chi connectivity index (χ0v) is 20.3. The van der Waals surface area contributed by atoms with E-state index in [2.05, 4.69) is 27.3 Å². The zero-order valence-electron chi connectivity index (χ0n) is 20.3. The Morgan fingerprint density at radius 2 is 1.94 bits per heavy atom. The van der Waals surface area contributed by atoms with Crippen molar-refractivity contribution in [2.45, 2.75) is 45.6 Å². The van der Waals surface area contributed by atoms with Gasteiger partial charge >= 0.3 is 0 Å². The number of nitrogens with zero attached hydrogens (tertiary/aromatic N) is 5. The molecule has 2 atom stereocenters. The molecule has 0 aromatic carbocycles. The molecule has 0 radical (unpaired) electrons. The Bertz CT molecular complexity index is 1280. The Kier molecular flexibility index (Phi) is 6.04. The van der Waals surface area contributed by atoms with Crippen LogP contribution >= 0.6 is 0 Å². The maximum absolute atomic E-state index is 13.4. The molecule has 1 saturated carbocycles. The third-order valence-corrected chi connectivity index (χ3v) is 7.30. The molecule has 1 aliphatic carbocycles. The quantitative estimate of drug-likeness (QED) is 0.578. The van der Waals surface area contributed by atoms with Crippen LogP contribution < -0.4 is 15.8 Å². The Balaban J connectivity index is 1.39. The van der Waals surface area contributed by atoms with Gasteiger partial charge in [-0.05, 0) is 43.4 Å². The first kappa shape index (κ1) is 23.1. The highest BCUT2D eigenvalue weighted by atomic mass is 16.5. The van der Waals surface area contributed by atoms with Crippen molar-refractivity contribution in [2.75, 3.05) is 25.9 Å². The van der Waals surface area contributed by atoms with Crippen molar-refractivity contribution in [1.29, 1.82) is 0 Å². The van der Waals surface area contributed by atoms with E-state index in [1.807, 2.05) is 17.9 Å². The SMILES string of the molecule is COc1ncc(-c2cc(C)c3c(N)ncnn23)cc1C(=O)NC1CN(C(=O)C2CCCC2)C[C@@H]1C. The first-order valence-electron chi connectivity index (χ1n) is 12.1. The number of ether oxygens (including phenoxy) is 1. The Morgan fingerprint density at radius 3 is 2.69 bits per heavy atom. The molecular weight excluding hydrogens is 446 g/mol. The minimum Gasteiger partial charge on any atom is -0.480 e. The fraction of sp³-hybridized carbons (Fsp3) is 0.480. The molecule has 3 aromatic rings. The van der Waals surface area contributed by atoms with Gasteiger partial charge in [-0.1, -0.05) is 19.8 Å². The maximum Gasteiger partial charge on any atom is 0.257 e. The molecule has 1 saturated heterocycles. The number of carbonyl (C=O) groups is 2. The number of pyridine rings is 1. The van der Waals surface area contributed by atoms with E-state index in [0.29, 0.717) is 30.0 Å². The molecule has 3 N–H and O–H groups in total. The average molecular weight is 478 g/mol. The van der Waals surface area contributed by atoms with Gasteiger partial charge in [0.2, 0.25) is 11.8 Å². The number of hydrogen-bond acceptors (Lipinski definition) is 7. The van der Waals surface area contributed by atoms with Gasteiger partial charge in [-0.15, -0.1) is 0 Å². The van der Waals surface area contributed by atoms with Crippen LogP contribution in [0, 0.1) is 18.8 Å². The number of aromatic nitrogens is 4. The van der Waals surface area contributed by atoms with Gasteiger partial charge in [-0.25, -0.2) is 14.5 Å². The van der Waals surface area contributed by atoms with Crippen molar-refractivity contribution in [3.8, 4) is 17.1 Å². The van der Waals surface area contributed by atoms with Gasteiger partial charge < -0.3 is 20.7 Å². The maximum atomic E-state index is 13.4. The number of aryl methyl sites for hydroxylation is 1. The van der Waals surface area contributed by atoms with E-state index in [1.54, 1.807) is 16.8 Å². The number of hydrogen-bond donors (Lipinski definition) is 2. The van der Waals surface area contributed by atoms with E-state index in [1.165, 1.54) is 13.4 Å². The molecule has 0 spiro atoms. The van der Waals surface area contributed by atoms with Crippen molar-refractivity contribution in [3.05, 3.63) is 35.8 Å². The largest absolute Gasteiger partial charge is 0.480 e. The molecule has 10 nitrogen and oxygen atoms in total. The Morgan fingerprint density at radius 1 is 1.17 bits per heavy atom. The van der Waals surface area contributed by atoms with Crippen LogP contribution in [0.25, 0.3) is 16.8 Å². The van der Waals surface area contributed by atoms with Crippen LogP contribution in [0.15, 0.2) is 24.7 Å². The monoisotopic (exact) mass is 477 g/mol. The summed E-state index contributed by atoms with van der Waals surface area (Å²) in [6.07, 6.45) is 7.24. The molecular formula is C25H31N7O3. The lowest BCUT2D eigenvalue weighted by molar-refractivity contribution is -0.134. The number of fused-ring (bicyclic) bond motifs is 1. The molecule has 2 amide bonds. The average Bonchev–Trinajstić information content (AvgIpc) is 3.59. The van der Waals surface area contributed by atoms with Gasteiger partial charge in [0.25, 0.3) is 5.91 Å². The summed E-state index contributed by atoms with van der Waals surface area (Å²) in [5.41, 5.74) is 9.47. The number of carbonyl (C=O) groups excluding carboxylic acids is 2. The van der Waals surface area contributed by atoms with Gasteiger partial charge in [0.1, 0.15) is 17.4 Å². The van der Waals surface area contributed by atoms with Crippen LogP contribution in [0.1, 0.15) is 48.5 Å². The Hall–Kier alpha value is -3.69. The normalized spacial score (nSPS) is 20.5. The molecule has 184 valence electrons. The first-order chi connectivity index (χ1) is 16.9. The molecule has 1 unspecified atom stereocenters. The van der Waals surface area contributed by atoms with E-state index in [4.69, 9.17) is 10.5 Å². The second-order valence-electron chi connectivity index (χ2n) is 9.68. The first-order valence-corrected chi connectivity index (χ1v) is 12.1. The third-order valence-electron chi connectivity index (χ3n) is 7.30. The highest BCUT2D eigenvalue weighted by molar-refractivity contribution is 5.98. The third kappa shape index (κ3) is 4.17. The number of likely N-dealkylation sites (tertiary alicyclic amines) is 1. The summed E-state index contributed by atoms with van der Waals surface area (Å²) in [6, 6.07) is 3.56. The lowest BCUT2D eigenvalue weighted by atomic mass is 10.1. The summed E-state index contributed by atoms with van der Waals surface area (Å²) in [4.78, 5) is 36.6. The van der Waals surface area contributed by atoms with Crippen molar-refractivity contribution in [2.24, 2.45) is 11.8 Å². The van der Waals surface area contributed by atoms with E-state index >= 15 is 0 Å². The molecule has 3 aromatic heterocycles. The van der Waals surface area contributed by atoms with Crippen molar-refractivity contribution >= 4 is 23.1 Å². The van der Waals surface area contributed by atoms with Crippen LogP contribution in [-0.4, -0.2) is 62.5 Å². The molecule has 0 bridgehead atoms. The number of amides is 2. The second kappa shape index (κ2) is 9.16. The van der Waals surface area contributed by atoms with Crippen LogP contribution in [0.2, 0.25) is 0 Å². The lowest BCUT2D eigenvalue weighted by Crippen LogP contribution is -2.41. The minimum absolute atomic E-state index is 0.134. The summed E-state index contributed by atoms with van der Waals surface area (Å²) in [5, 5.41) is 7.46. The fourth-order valence-corrected chi connectivity index (χ4v) is 5.39. The molecule has 10 heteroatoms. The van der Waals surface area contributed by atoms with Gasteiger partial charge in [-0.2, -0.15) is 5.10 Å². The number of rotatable bonds is 5. The summed E-state index contributed by atoms with van der Waals surface area (Å²) < 4.78 is 7.10. The van der Waals surface area contributed by atoms with E-state index < -0.39 is 0 Å². The summed E-state index contributed by atoms with van der Waals surface area (Å²) in [7, 11) is 1.49. The zero-order chi connectivity index (χ0) is 24.7. The summed E-state index contributed by atoms with van der Waals surface area (Å²) in [6.45, 7) is 5.18. The van der Waals surface area contributed by atoms with Crippen molar-refractivity contribution in [1.82, 2.24) is 29.8 Å². The highest BCUT2D eigenvalue weighted by Gasteiger charge is 2.37. The van der Waals surface area contributed by atoms with Gasteiger partial charge in [0, 0.05) is 30.8 Å². The number of nitrogens with one attached hydrogen (secondary N) is 1. The predicted molar refractivity (Wildman–Crippen MR) is 131 cm³/mol. The number of nitrogens with two attached hydrogens (primary N) is 1. The smallest absolute Gasteiger partial charge is 0.257 e. The minimum atomic E-state index is -0.282. The number of nitrogen functional groups attached to an aromatic ring is 1. The van der Waals surface area contributed by atoms with E-state index in [9.17, 15) is 9.59 Å². The van der Waals surface area contributed by atoms with Crippen LogP contribution in [0.4, 0.5) is 5.82 Å². The molecule has 1 aliphatic heterocycles. The topological polar surface area (TPSA) is 128 Å². The summed E-state index contributed by atoms with van der Waals surface area (Å²) in [5.74, 6) is 0.857. The van der Waals surface area contributed by atoms with Gasteiger partial charge in [-0.3, -0.25) is 9.59 Å². The molecule has 2 aliphatic rings. The predicted octanol–water partition coefficient (Wildman–Crippen LogP) is 2.46. The second-order valence-corrected chi connectivity index (χ2v) is 9.68. The van der Waals surface area contributed by atoms with Crippen molar-refractivity contribution in [3.63, 3.8) is 0 Å². The van der Waals surface area contributed by atoms with E-state index in [-0.39, 0.29) is 35.6 Å². The molecule has 35 heavy (non-hydrogen) atoms. The van der Waals surface area contributed by atoms with Crippen LogP contribution in [0.3, 0.4) is 0 Å². The molecule has 4 heterocycles.